The zero-order valence-corrected chi connectivity index (χ0v) is 15.2. The average Bonchev–Trinajstić information content (AvgIpc) is 2.69. The van der Waals surface area contributed by atoms with Crippen molar-refractivity contribution in [1.82, 2.24) is 15.0 Å². The summed E-state index contributed by atoms with van der Waals surface area (Å²) in [5.41, 5.74) is 2.69. The molecule has 4 rings (SSSR count). The Hall–Kier alpha value is -2.44. The van der Waals surface area contributed by atoms with E-state index in [0.717, 1.165) is 42.9 Å². The summed E-state index contributed by atoms with van der Waals surface area (Å²) in [5, 5.41) is 4.42. The Balaban J connectivity index is 1.62. The van der Waals surface area contributed by atoms with Crippen LogP contribution in [0, 0.1) is 0 Å². The molecule has 0 saturated carbocycles. The zero-order valence-electron chi connectivity index (χ0n) is 14.4. The highest BCUT2D eigenvalue weighted by Crippen LogP contribution is 2.34. The molecule has 26 heavy (non-hydrogen) atoms. The second kappa shape index (κ2) is 7.43. The molecular formula is C19H19ClN4O2. The van der Waals surface area contributed by atoms with Gasteiger partial charge < -0.3 is 14.8 Å². The highest BCUT2D eigenvalue weighted by Gasteiger charge is 2.18. The highest BCUT2D eigenvalue weighted by atomic mass is 35.5. The highest BCUT2D eigenvalue weighted by molar-refractivity contribution is 6.33. The maximum absolute atomic E-state index is 6.13. The van der Waals surface area contributed by atoms with Crippen LogP contribution in [0.3, 0.4) is 0 Å². The van der Waals surface area contributed by atoms with Crippen molar-refractivity contribution in [3.8, 4) is 5.75 Å². The minimum absolute atomic E-state index is 0.356. The van der Waals surface area contributed by atoms with Crippen molar-refractivity contribution in [3.05, 3.63) is 47.4 Å². The van der Waals surface area contributed by atoms with E-state index >= 15 is 0 Å². The van der Waals surface area contributed by atoms with E-state index in [2.05, 4.69) is 32.4 Å². The lowest BCUT2D eigenvalue weighted by Crippen LogP contribution is -2.14. The largest absolute Gasteiger partial charge is 0.495 e. The van der Waals surface area contributed by atoms with E-state index in [1.165, 1.54) is 5.56 Å². The van der Waals surface area contributed by atoms with Gasteiger partial charge in [-0.1, -0.05) is 17.7 Å². The number of pyridine rings is 1. The number of rotatable bonds is 4. The summed E-state index contributed by atoms with van der Waals surface area (Å²) in [6, 6.07) is 8.03. The lowest BCUT2D eigenvalue weighted by atomic mass is 9.91. The van der Waals surface area contributed by atoms with E-state index in [4.69, 9.17) is 21.1 Å². The van der Waals surface area contributed by atoms with Crippen molar-refractivity contribution in [3.63, 3.8) is 0 Å². The molecular weight excluding hydrogens is 352 g/mol. The average molecular weight is 371 g/mol. The molecule has 7 heteroatoms. The van der Waals surface area contributed by atoms with Crippen LogP contribution >= 0.6 is 11.6 Å². The van der Waals surface area contributed by atoms with Crippen molar-refractivity contribution in [1.29, 1.82) is 0 Å². The maximum Gasteiger partial charge on any atom is 0.227 e. The molecule has 1 aromatic carbocycles. The lowest BCUT2D eigenvalue weighted by Gasteiger charge is -2.23. The molecule has 0 unspecified atom stereocenters. The number of fused-ring (bicyclic) bond motifs is 1. The summed E-state index contributed by atoms with van der Waals surface area (Å²) < 4.78 is 11.0. The van der Waals surface area contributed by atoms with Crippen LogP contribution < -0.4 is 10.1 Å². The van der Waals surface area contributed by atoms with Gasteiger partial charge in [0.1, 0.15) is 11.3 Å². The van der Waals surface area contributed by atoms with Crippen molar-refractivity contribution in [2.45, 2.75) is 18.8 Å². The molecule has 6 nitrogen and oxygen atoms in total. The molecule has 0 atom stereocenters. The number of anilines is 2. The van der Waals surface area contributed by atoms with Gasteiger partial charge in [0.15, 0.2) is 5.15 Å². The van der Waals surface area contributed by atoms with E-state index in [0.29, 0.717) is 22.5 Å². The van der Waals surface area contributed by atoms with Gasteiger partial charge >= 0.3 is 0 Å². The lowest BCUT2D eigenvalue weighted by molar-refractivity contribution is 0.0853. The van der Waals surface area contributed by atoms with Gasteiger partial charge in [-0.15, -0.1) is 0 Å². The fourth-order valence-electron chi connectivity index (χ4n) is 3.20. The number of nitrogens with zero attached hydrogens (tertiary/aromatic N) is 3. The van der Waals surface area contributed by atoms with Gasteiger partial charge in [-0.25, -0.2) is 15.0 Å². The van der Waals surface area contributed by atoms with Gasteiger partial charge in [0, 0.05) is 31.0 Å². The second-order valence-corrected chi connectivity index (χ2v) is 6.56. The summed E-state index contributed by atoms with van der Waals surface area (Å²) in [7, 11) is 1.66. The van der Waals surface area contributed by atoms with E-state index < -0.39 is 0 Å². The van der Waals surface area contributed by atoms with Crippen molar-refractivity contribution in [2.24, 2.45) is 0 Å². The van der Waals surface area contributed by atoms with Crippen molar-refractivity contribution in [2.75, 3.05) is 25.6 Å². The molecule has 134 valence electrons. The number of hydrogen-bond donors (Lipinski definition) is 1. The summed E-state index contributed by atoms with van der Waals surface area (Å²) in [4.78, 5) is 12.9. The predicted octanol–water partition coefficient (Wildman–Crippen LogP) is 4.32. The third kappa shape index (κ3) is 3.43. The fraction of sp³-hybridized carbons (Fsp3) is 0.316. The fourth-order valence-corrected chi connectivity index (χ4v) is 3.41. The standard InChI is InChI=1S/C19H19ClN4O2/c1-25-16-10-13(12-5-8-26-9-6-12)2-3-15(16)23-19-22-11-14-4-7-21-18(20)17(14)24-19/h2-4,7,10-12H,5-6,8-9H2,1H3,(H,22,23,24). The van der Waals surface area contributed by atoms with Crippen LogP contribution in [0.15, 0.2) is 36.7 Å². The van der Waals surface area contributed by atoms with Crippen LogP contribution in [-0.4, -0.2) is 35.3 Å². The molecule has 0 spiro atoms. The normalized spacial score (nSPS) is 15.2. The third-order valence-corrected chi connectivity index (χ3v) is 4.90. The summed E-state index contributed by atoms with van der Waals surface area (Å²) in [6.07, 6.45) is 5.44. The molecule has 1 aliphatic heterocycles. The number of methoxy groups -OCH3 is 1. The van der Waals surface area contributed by atoms with E-state index in [9.17, 15) is 0 Å². The van der Waals surface area contributed by atoms with Gasteiger partial charge in [-0.05, 0) is 42.5 Å². The van der Waals surface area contributed by atoms with E-state index in [1.807, 2.05) is 12.1 Å². The molecule has 0 amide bonds. The Morgan fingerprint density at radius 1 is 1.19 bits per heavy atom. The van der Waals surface area contributed by atoms with Crippen LogP contribution in [0.4, 0.5) is 11.6 Å². The number of aromatic nitrogens is 3. The Morgan fingerprint density at radius 3 is 2.85 bits per heavy atom. The monoisotopic (exact) mass is 370 g/mol. The van der Waals surface area contributed by atoms with Gasteiger partial charge in [0.2, 0.25) is 5.95 Å². The van der Waals surface area contributed by atoms with Gasteiger partial charge in [-0.2, -0.15) is 0 Å². The summed E-state index contributed by atoms with van der Waals surface area (Å²) >= 11 is 6.13. The van der Waals surface area contributed by atoms with Crippen molar-refractivity contribution < 1.29 is 9.47 Å². The van der Waals surface area contributed by atoms with Crippen molar-refractivity contribution >= 4 is 34.1 Å². The number of nitrogens with one attached hydrogen (secondary N) is 1. The molecule has 1 saturated heterocycles. The van der Waals surface area contributed by atoms with Gasteiger partial charge in [0.25, 0.3) is 0 Å². The van der Waals surface area contributed by atoms with Crippen LogP contribution in [0.5, 0.6) is 5.75 Å². The molecule has 1 fully saturated rings. The number of halogens is 1. The second-order valence-electron chi connectivity index (χ2n) is 6.20. The SMILES string of the molecule is COc1cc(C2CCOCC2)ccc1Nc1ncc2ccnc(Cl)c2n1. The molecule has 1 N–H and O–H groups in total. The van der Waals surface area contributed by atoms with E-state index in [-0.39, 0.29) is 0 Å². The summed E-state index contributed by atoms with van der Waals surface area (Å²) in [6.45, 7) is 1.62. The number of benzene rings is 1. The Kier molecular flexibility index (Phi) is 4.86. The third-order valence-electron chi connectivity index (χ3n) is 4.62. The first-order valence-electron chi connectivity index (χ1n) is 8.54. The molecule has 0 bridgehead atoms. The van der Waals surface area contributed by atoms with Gasteiger partial charge in [-0.3, -0.25) is 0 Å². The van der Waals surface area contributed by atoms with Crippen LogP contribution in [0.1, 0.15) is 24.3 Å². The molecule has 0 aliphatic carbocycles. The predicted molar refractivity (Wildman–Crippen MR) is 101 cm³/mol. The summed E-state index contributed by atoms with van der Waals surface area (Å²) in [5.74, 6) is 1.72. The topological polar surface area (TPSA) is 69.2 Å². The molecule has 0 radical (unpaired) electrons. The molecule has 2 aromatic heterocycles. The number of ether oxygens (including phenoxy) is 2. The van der Waals surface area contributed by atoms with Crippen LogP contribution in [0.2, 0.25) is 5.15 Å². The first-order chi connectivity index (χ1) is 12.7. The smallest absolute Gasteiger partial charge is 0.227 e. The Labute approximate surface area is 156 Å². The van der Waals surface area contributed by atoms with E-state index in [1.54, 1.807) is 19.5 Å². The minimum atomic E-state index is 0.356. The maximum atomic E-state index is 6.13. The molecule has 1 aliphatic rings. The Bertz CT molecular complexity index is 929. The number of hydrogen-bond acceptors (Lipinski definition) is 6. The van der Waals surface area contributed by atoms with Crippen LogP contribution in [-0.2, 0) is 4.74 Å². The van der Waals surface area contributed by atoms with Gasteiger partial charge in [0.05, 0.1) is 12.8 Å². The molecule has 3 heterocycles. The van der Waals surface area contributed by atoms with Crippen LogP contribution in [0.25, 0.3) is 10.9 Å². The Morgan fingerprint density at radius 2 is 2.04 bits per heavy atom. The quantitative estimate of drug-likeness (QED) is 0.689. The minimum Gasteiger partial charge on any atom is -0.495 e. The zero-order chi connectivity index (χ0) is 17.9. The first kappa shape index (κ1) is 17.0. The first-order valence-corrected chi connectivity index (χ1v) is 8.92. The molecule has 3 aromatic rings.